The number of nitrogens with two attached hydrogens (primary N) is 1. The predicted octanol–water partition coefficient (Wildman–Crippen LogP) is 2.65. The number of halogens is 6. The highest BCUT2D eigenvalue weighted by Gasteiger charge is 2.56. The zero-order chi connectivity index (χ0) is 17.8. The number of rotatable bonds is 4. The third kappa shape index (κ3) is 5.34. The van der Waals surface area contributed by atoms with Crippen LogP contribution in [0.4, 0.5) is 36.8 Å². The van der Waals surface area contributed by atoms with E-state index in [1.807, 2.05) is 5.32 Å². The van der Waals surface area contributed by atoms with Crippen molar-refractivity contribution >= 4 is 17.6 Å². The number of amides is 3. The summed E-state index contributed by atoms with van der Waals surface area (Å²) >= 11 is 0. The topological polar surface area (TPSA) is 84.2 Å². The first-order valence-electron chi connectivity index (χ1n) is 6.00. The molecular formula is C12H11F6N3O2. The highest BCUT2D eigenvalue weighted by atomic mass is 19.4. The molecule has 1 aromatic rings. The molecular weight excluding hydrogens is 332 g/mol. The van der Waals surface area contributed by atoms with E-state index in [9.17, 15) is 35.9 Å². The zero-order valence-electron chi connectivity index (χ0n) is 11.3. The first kappa shape index (κ1) is 18.6. The summed E-state index contributed by atoms with van der Waals surface area (Å²) in [6.45, 7) is -1.70. The maximum atomic E-state index is 12.3. The van der Waals surface area contributed by atoms with Gasteiger partial charge in [0.15, 0.2) is 5.92 Å². The smallest absolute Gasteiger partial charge is 0.366 e. The number of hydrogen-bond donors (Lipinski definition) is 3. The number of para-hydroxylation sites is 1. The number of anilines is 1. The molecule has 0 heterocycles. The Kier molecular flexibility index (Phi) is 5.46. The second-order valence-electron chi connectivity index (χ2n) is 4.38. The Labute approximate surface area is 125 Å². The monoisotopic (exact) mass is 343 g/mol. The Balaban J connectivity index is 2.76. The van der Waals surface area contributed by atoms with Crippen LogP contribution in [0.5, 0.6) is 0 Å². The van der Waals surface area contributed by atoms with Gasteiger partial charge in [-0.1, -0.05) is 12.1 Å². The van der Waals surface area contributed by atoms with Crippen LogP contribution < -0.4 is 16.4 Å². The normalized spacial score (nSPS) is 12.1. The van der Waals surface area contributed by atoms with E-state index in [0.29, 0.717) is 0 Å². The molecule has 5 nitrogen and oxygen atoms in total. The van der Waals surface area contributed by atoms with Gasteiger partial charge in [0, 0.05) is 6.54 Å². The maximum absolute atomic E-state index is 12.3. The minimum atomic E-state index is -5.56. The van der Waals surface area contributed by atoms with Crippen LogP contribution in [0.25, 0.3) is 0 Å². The van der Waals surface area contributed by atoms with Crippen LogP contribution in [-0.4, -0.2) is 30.8 Å². The van der Waals surface area contributed by atoms with E-state index in [-0.39, 0.29) is 11.3 Å². The number of nitrogens with one attached hydrogen (secondary N) is 2. The zero-order valence-corrected chi connectivity index (χ0v) is 11.3. The summed E-state index contributed by atoms with van der Waals surface area (Å²) in [7, 11) is 0. The first-order valence-corrected chi connectivity index (χ1v) is 6.00. The fourth-order valence-electron chi connectivity index (χ4n) is 1.59. The lowest BCUT2D eigenvalue weighted by atomic mass is 10.1. The minimum absolute atomic E-state index is 0.145. The molecule has 0 aliphatic carbocycles. The number of hydrogen-bond acceptors (Lipinski definition) is 2. The van der Waals surface area contributed by atoms with E-state index in [1.54, 1.807) is 0 Å². The van der Waals surface area contributed by atoms with Gasteiger partial charge < -0.3 is 16.4 Å². The standard InChI is InChI=1S/C12H11F6N3O2/c13-11(14,15)8(12(16,17)18)5-20-10(23)21-7-4-2-1-3-6(7)9(19)22/h1-4,8H,5H2,(H2,19,22)(H2,20,21,23). The molecule has 1 aromatic carbocycles. The van der Waals surface area contributed by atoms with Crippen LogP contribution in [0.1, 0.15) is 10.4 Å². The molecule has 4 N–H and O–H groups in total. The molecule has 23 heavy (non-hydrogen) atoms. The summed E-state index contributed by atoms with van der Waals surface area (Å²) in [5, 5.41) is 3.43. The summed E-state index contributed by atoms with van der Waals surface area (Å²) in [6, 6.07) is 3.90. The molecule has 1 rings (SSSR count). The van der Waals surface area contributed by atoms with Gasteiger partial charge in [-0.05, 0) is 12.1 Å². The SMILES string of the molecule is NC(=O)c1ccccc1NC(=O)NCC(C(F)(F)F)C(F)(F)F. The van der Waals surface area contributed by atoms with Crippen molar-refractivity contribution in [3.63, 3.8) is 0 Å². The van der Waals surface area contributed by atoms with E-state index in [1.165, 1.54) is 29.6 Å². The third-order valence-corrected chi connectivity index (χ3v) is 2.70. The van der Waals surface area contributed by atoms with E-state index in [0.717, 1.165) is 0 Å². The van der Waals surface area contributed by atoms with Crippen LogP contribution >= 0.6 is 0 Å². The highest BCUT2D eigenvalue weighted by molar-refractivity contribution is 6.02. The minimum Gasteiger partial charge on any atom is -0.366 e. The highest BCUT2D eigenvalue weighted by Crippen LogP contribution is 2.38. The summed E-state index contributed by atoms with van der Waals surface area (Å²) in [5.74, 6) is -4.63. The molecule has 0 saturated carbocycles. The van der Waals surface area contributed by atoms with Gasteiger partial charge in [0.1, 0.15) is 0 Å². The second-order valence-corrected chi connectivity index (χ2v) is 4.38. The number of benzene rings is 1. The summed E-state index contributed by atoms with van der Waals surface area (Å²) in [4.78, 5) is 22.5. The Hall–Kier alpha value is -2.46. The quantitative estimate of drug-likeness (QED) is 0.735. The van der Waals surface area contributed by atoms with Gasteiger partial charge >= 0.3 is 18.4 Å². The molecule has 0 aliphatic heterocycles. The van der Waals surface area contributed by atoms with Crippen LogP contribution in [0.2, 0.25) is 0 Å². The lowest BCUT2D eigenvalue weighted by Gasteiger charge is -2.23. The molecule has 128 valence electrons. The van der Waals surface area contributed by atoms with Crippen molar-refractivity contribution in [3.05, 3.63) is 29.8 Å². The van der Waals surface area contributed by atoms with Crippen molar-refractivity contribution in [2.75, 3.05) is 11.9 Å². The molecule has 0 aromatic heterocycles. The largest absolute Gasteiger partial charge is 0.402 e. The molecule has 0 saturated heterocycles. The van der Waals surface area contributed by atoms with E-state index in [4.69, 9.17) is 5.73 Å². The second kappa shape index (κ2) is 6.75. The predicted molar refractivity (Wildman–Crippen MR) is 67.6 cm³/mol. The summed E-state index contributed by atoms with van der Waals surface area (Å²) < 4.78 is 73.9. The fraction of sp³-hybridized carbons (Fsp3) is 0.333. The summed E-state index contributed by atoms with van der Waals surface area (Å²) in [6.07, 6.45) is -11.1. The Morgan fingerprint density at radius 3 is 2.04 bits per heavy atom. The molecule has 0 unspecified atom stereocenters. The van der Waals surface area contributed by atoms with Gasteiger partial charge in [0.25, 0.3) is 5.91 Å². The lowest BCUT2D eigenvalue weighted by molar-refractivity contribution is -0.281. The fourth-order valence-corrected chi connectivity index (χ4v) is 1.59. The summed E-state index contributed by atoms with van der Waals surface area (Å²) in [5.41, 5.74) is 4.73. The molecule has 0 spiro atoms. The molecule has 11 heteroatoms. The van der Waals surface area contributed by atoms with Gasteiger partial charge in [0.05, 0.1) is 11.3 Å². The third-order valence-electron chi connectivity index (χ3n) is 2.70. The molecule has 0 atom stereocenters. The van der Waals surface area contributed by atoms with Crippen molar-refractivity contribution < 1.29 is 35.9 Å². The Bertz CT molecular complexity index is 571. The van der Waals surface area contributed by atoms with Gasteiger partial charge in [0.2, 0.25) is 0 Å². The average molecular weight is 343 g/mol. The average Bonchev–Trinajstić information content (AvgIpc) is 2.35. The maximum Gasteiger partial charge on any atom is 0.402 e. The van der Waals surface area contributed by atoms with Crippen molar-refractivity contribution in [1.82, 2.24) is 5.32 Å². The molecule has 0 radical (unpaired) electrons. The molecule has 0 bridgehead atoms. The number of carbonyl (C=O) groups excluding carboxylic acids is 2. The van der Waals surface area contributed by atoms with Crippen molar-refractivity contribution in [1.29, 1.82) is 0 Å². The Morgan fingerprint density at radius 1 is 1.04 bits per heavy atom. The van der Waals surface area contributed by atoms with Gasteiger partial charge in [-0.3, -0.25) is 4.79 Å². The van der Waals surface area contributed by atoms with Crippen molar-refractivity contribution in [2.45, 2.75) is 12.4 Å². The van der Waals surface area contributed by atoms with E-state index >= 15 is 0 Å². The van der Waals surface area contributed by atoms with Gasteiger partial charge in [-0.15, -0.1) is 0 Å². The molecule has 0 aliphatic rings. The first-order chi connectivity index (χ1) is 10.4. The number of carbonyl (C=O) groups is 2. The van der Waals surface area contributed by atoms with Crippen LogP contribution in [0.15, 0.2) is 24.3 Å². The number of alkyl halides is 6. The van der Waals surface area contributed by atoms with E-state index < -0.39 is 36.8 Å². The van der Waals surface area contributed by atoms with Gasteiger partial charge in [-0.2, -0.15) is 26.3 Å². The van der Waals surface area contributed by atoms with Gasteiger partial charge in [-0.25, -0.2) is 4.79 Å². The molecule has 0 fully saturated rings. The number of urea groups is 1. The number of primary amides is 1. The Morgan fingerprint density at radius 2 is 1.57 bits per heavy atom. The lowest BCUT2D eigenvalue weighted by Crippen LogP contribution is -2.45. The van der Waals surface area contributed by atoms with Crippen molar-refractivity contribution in [3.8, 4) is 0 Å². The molecule has 3 amide bonds. The van der Waals surface area contributed by atoms with Crippen LogP contribution in [-0.2, 0) is 0 Å². The van der Waals surface area contributed by atoms with Crippen LogP contribution in [0.3, 0.4) is 0 Å². The van der Waals surface area contributed by atoms with Crippen LogP contribution in [0, 0.1) is 5.92 Å². The van der Waals surface area contributed by atoms with E-state index in [2.05, 4.69) is 0 Å². The van der Waals surface area contributed by atoms with Crippen molar-refractivity contribution in [2.24, 2.45) is 11.7 Å².